The fourth-order valence-corrected chi connectivity index (χ4v) is 1.72. The number of fused-ring (bicyclic) bond motifs is 1. The van der Waals surface area contributed by atoms with Gasteiger partial charge in [0.05, 0.1) is 18.5 Å². The summed E-state index contributed by atoms with van der Waals surface area (Å²) >= 11 is 0. The van der Waals surface area contributed by atoms with Crippen molar-refractivity contribution in [1.82, 2.24) is 5.32 Å². The first-order valence-electron chi connectivity index (χ1n) is 5.81. The molecule has 0 aliphatic carbocycles. The molecule has 4 N–H and O–H groups in total. The van der Waals surface area contributed by atoms with Crippen LogP contribution in [0.1, 0.15) is 16.1 Å². The topological polar surface area (TPSA) is 106 Å². The van der Waals surface area contributed by atoms with Gasteiger partial charge in [0.2, 0.25) is 0 Å². The number of carbonyl (C=O) groups excluding carboxylic acids is 1. The molecule has 2 aromatic rings. The summed E-state index contributed by atoms with van der Waals surface area (Å²) in [6, 6.07) is 5.90. The zero-order chi connectivity index (χ0) is 13.8. The van der Waals surface area contributed by atoms with Crippen molar-refractivity contribution in [2.24, 2.45) is 5.73 Å². The number of rotatable bonds is 4. The first kappa shape index (κ1) is 13.3. The van der Waals surface area contributed by atoms with Crippen LogP contribution in [0.5, 0.6) is 0 Å². The fraction of sp³-hybridized carbons (Fsp3) is 0.231. The number of hydrogen-bond acceptors (Lipinski definition) is 5. The number of aliphatic hydroxyl groups is 1. The van der Waals surface area contributed by atoms with Gasteiger partial charge in [-0.1, -0.05) is 0 Å². The van der Waals surface area contributed by atoms with Crippen molar-refractivity contribution in [1.29, 1.82) is 0 Å². The predicted octanol–water partition coefficient (Wildman–Crippen LogP) is -0.0262. The molecule has 2 rings (SSSR count). The summed E-state index contributed by atoms with van der Waals surface area (Å²) in [6.45, 7) is 0.169. The molecule has 0 spiro atoms. The maximum atomic E-state index is 11.9. The Balaban J connectivity index is 2.43. The van der Waals surface area contributed by atoms with Crippen molar-refractivity contribution in [2.75, 3.05) is 13.2 Å². The van der Waals surface area contributed by atoms with Gasteiger partial charge in [-0.05, 0) is 18.2 Å². The van der Waals surface area contributed by atoms with Crippen LogP contribution in [0.4, 0.5) is 0 Å². The van der Waals surface area contributed by atoms with Crippen LogP contribution in [0, 0.1) is 0 Å². The highest BCUT2D eigenvalue weighted by Crippen LogP contribution is 2.14. The highest BCUT2D eigenvalue weighted by Gasteiger charge is 2.09. The first-order valence-corrected chi connectivity index (χ1v) is 5.81. The molecule has 0 saturated carbocycles. The molecule has 6 nitrogen and oxygen atoms in total. The molecule has 0 unspecified atom stereocenters. The van der Waals surface area contributed by atoms with E-state index in [9.17, 15) is 9.59 Å². The number of aliphatic hydroxyl groups excluding tert-OH is 1. The average molecular weight is 262 g/mol. The van der Waals surface area contributed by atoms with Crippen molar-refractivity contribution in [3.63, 3.8) is 0 Å². The standard InChI is InChI=1S/C13H14N2O4/c14-7-9-6-11(17)10-5-8(1-2-12(10)19-9)13(18)15-3-4-16/h1-2,5-6,16H,3-4,7,14H2,(H,15,18). The van der Waals surface area contributed by atoms with E-state index in [2.05, 4.69) is 5.32 Å². The Kier molecular flexibility index (Phi) is 3.94. The molecule has 1 heterocycles. The average Bonchev–Trinajstić information content (AvgIpc) is 2.44. The van der Waals surface area contributed by atoms with E-state index >= 15 is 0 Å². The molecule has 0 bridgehead atoms. The Labute approximate surface area is 108 Å². The van der Waals surface area contributed by atoms with Crippen LogP contribution in [0.2, 0.25) is 0 Å². The molecule has 1 aromatic heterocycles. The lowest BCUT2D eigenvalue weighted by Gasteiger charge is -2.05. The monoisotopic (exact) mass is 262 g/mol. The maximum absolute atomic E-state index is 11.9. The lowest BCUT2D eigenvalue weighted by molar-refractivity contribution is 0.0945. The Morgan fingerprint density at radius 3 is 2.84 bits per heavy atom. The van der Waals surface area contributed by atoms with Crippen molar-refractivity contribution in [3.8, 4) is 0 Å². The highest BCUT2D eigenvalue weighted by molar-refractivity contribution is 5.97. The molecular weight excluding hydrogens is 248 g/mol. The second-order valence-electron chi connectivity index (χ2n) is 3.97. The minimum absolute atomic E-state index is 0.138. The van der Waals surface area contributed by atoms with Gasteiger partial charge in [0, 0.05) is 18.2 Å². The van der Waals surface area contributed by atoms with Crippen LogP contribution in [0.25, 0.3) is 11.0 Å². The minimum atomic E-state index is -0.349. The van der Waals surface area contributed by atoms with Crippen LogP contribution in [-0.4, -0.2) is 24.2 Å². The smallest absolute Gasteiger partial charge is 0.251 e. The molecule has 0 radical (unpaired) electrons. The van der Waals surface area contributed by atoms with Crippen LogP contribution in [-0.2, 0) is 6.54 Å². The molecule has 0 saturated heterocycles. The normalized spacial score (nSPS) is 10.6. The van der Waals surface area contributed by atoms with E-state index in [0.717, 1.165) is 0 Å². The maximum Gasteiger partial charge on any atom is 0.251 e. The summed E-state index contributed by atoms with van der Waals surface area (Å²) in [7, 11) is 0. The zero-order valence-electron chi connectivity index (χ0n) is 10.2. The van der Waals surface area contributed by atoms with Crippen LogP contribution in [0.15, 0.2) is 33.5 Å². The van der Waals surface area contributed by atoms with Crippen molar-refractivity contribution in [3.05, 3.63) is 45.8 Å². The Hall–Kier alpha value is -2.18. The molecule has 1 amide bonds. The summed E-state index contributed by atoms with van der Waals surface area (Å²) in [6.07, 6.45) is 0. The third-order valence-electron chi connectivity index (χ3n) is 2.64. The summed E-state index contributed by atoms with van der Waals surface area (Å²) in [5, 5.41) is 11.5. The van der Waals surface area contributed by atoms with E-state index in [4.69, 9.17) is 15.3 Å². The molecule has 6 heteroatoms. The molecule has 0 atom stereocenters. The van der Waals surface area contributed by atoms with Gasteiger partial charge < -0.3 is 20.6 Å². The number of amides is 1. The summed E-state index contributed by atoms with van der Waals surface area (Å²) in [4.78, 5) is 23.6. The first-order chi connectivity index (χ1) is 9.15. The Morgan fingerprint density at radius 1 is 1.37 bits per heavy atom. The van der Waals surface area contributed by atoms with Gasteiger partial charge >= 0.3 is 0 Å². The van der Waals surface area contributed by atoms with Crippen LogP contribution >= 0.6 is 0 Å². The number of nitrogens with two attached hydrogens (primary N) is 1. The summed E-state index contributed by atoms with van der Waals surface area (Å²) < 4.78 is 5.41. The van der Waals surface area contributed by atoms with Crippen molar-refractivity contribution < 1.29 is 14.3 Å². The molecule has 0 aliphatic rings. The lowest BCUT2D eigenvalue weighted by Crippen LogP contribution is -2.26. The van der Waals surface area contributed by atoms with Gasteiger partial charge in [0.15, 0.2) is 5.43 Å². The fourth-order valence-electron chi connectivity index (χ4n) is 1.72. The number of carbonyl (C=O) groups is 1. The van der Waals surface area contributed by atoms with Gasteiger partial charge in [-0.2, -0.15) is 0 Å². The number of nitrogens with one attached hydrogen (secondary N) is 1. The van der Waals surface area contributed by atoms with Gasteiger partial charge in [-0.15, -0.1) is 0 Å². The Bertz CT molecular complexity index is 663. The lowest BCUT2D eigenvalue weighted by atomic mass is 10.1. The predicted molar refractivity (Wildman–Crippen MR) is 69.8 cm³/mol. The van der Waals surface area contributed by atoms with Crippen molar-refractivity contribution in [2.45, 2.75) is 6.54 Å². The zero-order valence-corrected chi connectivity index (χ0v) is 10.2. The molecule has 0 aliphatic heterocycles. The number of hydrogen-bond donors (Lipinski definition) is 3. The molecular formula is C13H14N2O4. The summed E-state index contributed by atoms with van der Waals surface area (Å²) in [5.41, 5.74) is 5.92. The molecule has 100 valence electrons. The Morgan fingerprint density at radius 2 is 2.16 bits per heavy atom. The van der Waals surface area contributed by atoms with E-state index in [1.807, 2.05) is 0 Å². The molecule has 1 aromatic carbocycles. The van der Waals surface area contributed by atoms with E-state index in [1.165, 1.54) is 12.1 Å². The second kappa shape index (κ2) is 5.64. The molecule has 0 fully saturated rings. The van der Waals surface area contributed by atoms with Crippen LogP contribution in [0.3, 0.4) is 0 Å². The van der Waals surface area contributed by atoms with Gasteiger partial charge in [-0.3, -0.25) is 9.59 Å². The van der Waals surface area contributed by atoms with E-state index in [1.54, 1.807) is 12.1 Å². The number of benzene rings is 1. The van der Waals surface area contributed by atoms with Gasteiger partial charge in [0.25, 0.3) is 5.91 Å². The molecule has 19 heavy (non-hydrogen) atoms. The minimum Gasteiger partial charge on any atom is -0.459 e. The second-order valence-corrected chi connectivity index (χ2v) is 3.97. The van der Waals surface area contributed by atoms with Crippen molar-refractivity contribution >= 4 is 16.9 Å². The quantitative estimate of drug-likeness (QED) is 0.717. The van der Waals surface area contributed by atoms with Gasteiger partial charge in [0.1, 0.15) is 11.3 Å². The highest BCUT2D eigenvalue weighted by atomic mass is 16.3. The van der Waals surface area contributed by atoms with Crippen LogP contribution < -0.4 is 16.5 Å². The van der Waals surface area contributed by atoms with Gasteiger partial charge in [-0.25, -0.2) is 0 Å². The third-order valence-corrected chi connectivity index (χ3v) is 2.64. The third kappa shape index (κ3) is 2.81. The SMILES string of the molecule is NCc1cc(=O)c2cc(C(=O)NCCO)ccc2o1. The van der Waals surface area contributed by atoms with E-state index < -0.39 is 0 Å². The largest absolute Gasteiger partial charge is 0.459 e. The van der Waals surface area contributed by atoms with E-state index in [0.29, 0.717) is 22.3 Å². The van der Waals surface area contributed by atoms with E-state index in [-0.39, 0.29) is 31.0 Å². The summed E-state index contributed by atoms with van der Waals surface area (Å²) in [5.74, 6) is 0.0493.